The van der Waals surface area contributed by atoms with Crippen LogP contribution < -0.4 is 5.32 Å². The number of rotatable bonds is 9. The lowest BCUT2D eigenvalue weighted by Gasteiger charge is -2.37. The molecule has 0 aromatic rings. The highest BCUT2D eigenvalue weighted by atomic mass is 16.7. The smallest absolute Gasteiger partial charge is 0.353 e. The van der Waals surface area contributed by atoms with Crippen molar-refractivity contribution < 1.29 is 43.1 Å². The molecule has 0 aliphatic carbocycles. The lowest BCUT2D eigenvalue weighted by Crippen LogP contribution is -2.60. The number of imide groups is 2. The number of hydrogen-bond acceptors (Lipinski definition) is 9. The first-order valence-electron chi connectivity index (χ1n) is 8.91. The first-order chi connectivity index (χ1) is 13.8. The molecule has 3 rings (SSSR count). The van der Waals surface area contributed by atoms with Gasteiger partial charge in [0.2, 0.25) is 5.91 Å². The number of amides is 5. The van der Waals surface area contributed by atoms with Crippen molar-refractivity contribution in [2.45, 2.75) is 12.8 Å². The second-order valence-corrected chi connectivity index (χ2v) is 6.57. The second kappa shape index (κ2) is 8.49. The van der Waals surface area contributed by atoms with Crippen molar-refractivity contribution in [1.82, 2.24) is 15.3 Å². The van der Waals surface area contributed by atoms with Gasteiger partial charge in [-0.3, -0.25) is 28.9 Å². The van der Waals surface area contributed by atoms with Crippen LogP contribution in [0.15, 0.2) is 12.2 Å². The van der Waals surface area contributed by atoms with E-state index in [-0.39, 0.29) is 52.4 Å². The highest BCUT2D eigenvalue weighted by Crippen LogP contribution is 2.30. The van der Waals surface area contributed by atoms with Crippen LogP contribution in [-0.4, -0.2) is 85.0 Å². The summed E-state index contributed by atoms with van der Waals surface area (Å²) in [6, 6.07) is 0. The van der Waals surface area contributed by atoms with Gasteiger partial charge in [-0.05, 0) is 0 Å². The van der Waals surface area contributed by atoms with E-state index in [2.05, 4.69) is 5.32 Å². The maximum atomic E-state index is 12.4. The number of carbonyl (C=O) groups excluding carboxylic acids is 6. The van der Waals surface area contributed by atoms with Crippen LogP contribution in [0.1, 0.15) is 12.8 Å². The molecule has 5 amide bonds. The monoisotopic (exact) mass is 409 g/mol. The van der Waals surface area contributed by atoms with Crippen LogP contribution in [0.25, 0.3) is 0 Å². The molecule has 3 aliphatic heterocycles. The van der Waals surface area contributed by atoms with Crippen LogP contribution in [0, 0.1) is 5.41 Å². The van der Waals surface area contributed by atoms with Gasteiger partial charge in [0.1, 0.15) is 0 Å². The molecule has 2 saturated heterocycles. The third-order valence-corrected chi connectivity index (χ3v) is 4.59. The van der Waals surface area contributed by atoms with Crippen molar-refractivity contribution in [2.24, 2.45) is 5.41 Å². The Bertz CT molecular complexity index is 753. The van der Waals surface area contributed by atoms with Crippen LogP contribution in [0.5, 0.6) is 0 Å². The Hall–Kier alpha value is -3.12. The first-order valence-corrected chi connectivity index (χ1v) is 8.91. The minimum atomic E-state index is -1.64. The summed E-state index contributed by atoms with van der Waals surface area (Å²) in [5.41, 5.74) is -1.64. The van der Waals surface area contributed by atoms with Gasteiger partial charge < -0.3 is 19.6 Å². The fourth-order valence-electron chi connectivity index (χ4n) is 2.79. The molecular weight excluding hydrogens is 390 g/mol. The van der Waals surface area contributed by atoms with Crippen LogP contribution in [0.3, 0.4) is 0 Å². The third kappa shape index (κ3) is 4.17. The lowest BCUT2D eigenvalue weighted by atomic mass is 9.85. The summed E-state index contributed by atoms with van der Waals surface area (Å²) in [6.45, 7) is -0.174. The Kier molecular flexibility index (Phi) is 6.03. The average Bonchev–Trinajstić information content (AvgIpc) is 3.13. The Morgan fingerprint density at radius 3 is 2.21 bits per heavy atom. The summed E-state index contributed by atoms with van der Waals surface area (Å²) in [7, 11) is 0. The molecule has 0 saturated carbocycles. The second-order valence-electron chi connectivity index (χ2n) is 6.57. The molecule has 0 radical (unpaired) electrons. The summed E-state index contributed by atoms with van der Waals surface area (Å²) in [6.07, 6.45) is 2.24. The van der Waals surface area contributed by atoms with Gasteiger partial charge >= 0.3 is 5.97 Å². The standard InChI is InChI=1S/C17H19N3O9/c21-11-1-2-12(22)19(11)6-8-27-7-5-18-15(25)17(9-28-10-17)16(26)29-20-13(23)3-4-14(20)24/h1-2H,3-10H2,(H,18,25). The summed E-state index contributed by atoms with van der Waals surface area (Å²) in [5.74, 6) is -3.81. The van der Waals surface area contributed by atoms with Crippen LogP contribution >= 0.6 is 0 Å². The molecule has 0 spiro atoms. The number of nitrogens with zero attached hydrogens (tertiary/aromatic N) is 2. The topological polar surface area (TPSA) is 149 Å². The van der Waals surface area contributed by atoms with Crippen molar-refractivity contribution in [2.75, 3.05) is 39.5 Å². The molecule has 1 N–H and O–H groups in total. The van der Waals surface area contributed by atoms with Crippen molar-refractivity contribution in [3.8, 4) is 0 Å². The quantitative estimate of drug-likeness (QED) is 0.251. The zero-order chi connectivity index (χ0) is 21.0. The Morgan fingerprint density at radius 2 is 1.66 bits per heavy atom. The molecule has 3 aliphatic rings. The fraction of sp³-hybridized carbons (Fsp3) is 0.529. The maximum absolute atomic E-state index is 12.4. The molecule has 156 valence electrons. The SMILES string of the molecule is O=C1C=CC(=O)N1CCOCCNC(=O)C1(C(=O)ON2C(=O)CCC2=O)COC1. The van der Waals surface area contributed by atoms with Crippen LogP contribution in [0.4, 0.5) is 0 Å². The zero-order valence-electron chi connectivity index (χ0n) is 15.4. The molecule has 0 atom stereocenters. The van der Waals surface area contributed by atoms with Gasteiger partial charge in [-0.15, -0.1) is 5.06 Å². The molecule has 29 heavy (non-hydrogen) atoms. The maximum Gasteiger partial charge on any atom is 0.353 e. The van der Waals surface area contributed by atoms with Crippen molar-refractivity contribution in [3.63, 3.8) is 0 Å². The van der Waals surface area contributed by atoms with E-state index in [9.17, 15) is 28.8 Å². The number of nitrogens with one attached hydrogen (secondary N) is 1. The van der Waals surface area contributed by atoms with Gasteiger partial charge in [-0.25, -0.2) is 4.79 Å². The van der Waals surface area contributed by atoms with E-state index < -0.39 is 40.9 Å². The minimum absolute atomic E-state index is 0.0512. The van der Waals surface area contributed by atoms with Crippen molar-refractivity contribution >= 4 is 35.5 Å². The summed E-state index contributed by atoms with van der Waals surface area (Å²) >= 11 is 0. The third-order valence-electron chi connectivity index (χ3n) is 4.59. The lowest BCUT2D eigenvalue weighted by molar-refractivity contribution is -0.221. The summed E-state index contributed by atoms with van der Waals surface area (Å²) in [5, 5.41) is 2.89. The number of hydroxylamine groups is 2. The van der Waals surface area contributed by atoms with Gasteiger partial charge in [0, 0.05) is 31.5 Å². The summed E-state index contributed by atoms with van der Waals surface area (Å²) in [4.78, 5) is 76.5. The van der Waals surface area contributed by atoms with E-state index in [1.165, 1.54) is 12.2 Å². The molecule has 12 nitrogen and oxygen atoms in total. The largest absolute Gasteiger partial charge is 0.378 e. The minimum Gasteiger partial charge on any atom is -0.378 e. The molecule has 0 unspecified atom stereocenters. The van der Waals surface area contributed by atoms with Gasteiger partial charge in [0.25, 0.3) is 23.6 Å². The highest BCUT2D eigenvalue weighted by molar-refractivity contribution is 6.12. The van der Waals surface area contributed by atoms with Gasteiger partial charge in [-0.2, -0.15) is 0 Å². The highest BCUT2D eigenvalue weighted by Gasteiger charge is 2.56. The van der Waals surface area contributed by atoms with E-state index in [4.69, 9.17) is 14.3 Å². The molecule has 0 aromatic heterocycles. The van der Waals surface area contributed by atoms with E-state index in [1.54, 1.807) is 0 Å². The van der Waals surface area contributed by atoms with Crippen LogP contribution in [0.2, 0.25) is 0 Å². The fourth-order valence-corrected chi connectivity index (χ4v) is 2.79. The number of carbonyl (C=O) groups is 6. The molecule has 2 fully saturated rings. The average molecular weight is 409 g/mol. The first kappa shape index (κ1) is 20.6. The molecule has 0 bridgehead atoms. The van der Waals surface area contributed by atoms with Crippen molar-refractivity contribution in [1.29, 1.82) is 0 Å². The van der Waals surface area contributed by atoms with E-state index >= 15 is 0 Å². The molecule has 12 heteroatoms. The zero-order valence-corrected chi connectivity index (χ0v) is 15.4. The van der Waals surface area contributed by atoms with Gasteiger partial charge in [-0.1, -0.05) is 0 Å². The number of ether oxygens (including phenoxy) is 2. The van der Waals surface area contributed by atoms with E-state index in [0.29, 0.717) is 5.06 Å². The molecular formula is C17H19N3O9. The number of hydrogen-bond donors (Lipinski definition) is 1. The predicted octanol–water partition coefficient (Wildman–Crippen LogP) is -2.33. The van der Waals surface area contributed by atoms with Gasteiger partial charge in [0.15, 0.2) is 5.41 Å². The van der Waals surface area contributed by atoms with Gasteiger partial charge in [0.05, 0.1) is 33.0 Å². The molecule has 0 aromatic carbocycles. The van der Waals surface area contributed by atoms with E-state index in [0.717, 1.165) is 4.90 Å². The Morgan fingerprint density at radius 1 is 1.03 bits per heavy atom. The van der Waals surface area contributed by atoms with E-state index in [1.807, 2.05) is 0 Å². The molecule has 3 heterocycles. The summed E-state index contributed by atoms with van der Waals surface area (Å²) < 4.78 is 10.2. The predicted molar refractivity (Wildman–Crippen MR) is 90.1 cm³/mol. The Balaban J connectivity index is 1.40. The van der Waals surface area contributed by atoms with Crippen LogP contribution in [-0.2, 0) is 43.1 Å². The van der Waals surface area contributed by atoms with Crippen molar-refractivity contribution in [3.05, 3.63) is 12.2 Å². The normalized spacial score (nSPS) is 20.3. The Labute approximate surface area is 164 Å².